The Morgan fingerprint density at radius 3 is 2.11 bits per heavy atom. The standard InChI is InChI=1S/C33H36Cl4N2O5/c1-21-28(19-39-16-14-32(42,15-17-39)26-10-12-27(34)13-11-26)43-30(44-29(21)24-6-4-23(20-40)5-7-24)25-8-2-22(3-9-25)18-38-31(41)33(35,36)37/h2-13,21,28-30,40,42H,14-20H2,1H3,(H,38,41)/t21-,28+,29+,30+/m1/s1. The van der Waals surface area contributed by atoms with Gasteiger partial charge >= 0.3 is 0 Å². The largest absolute Gasteiger partial charge is 0.392 e. The topological polar surface area (TPSA) is 91.3 Å². The molecule has 2 fully saturated rings. The molecule has 0 unspecified atom stereocenters. The molecule has 0 radical (unpaired) electrons. The Morgan fingerprint density at radius 1 is 0.932 bits per heavy atom. The smallest absolute Gasteiger partial charge is 0.272 e. The van der Waals surface area contributed by atoms with Crippen LogP contribution >= 0.6 is 46.4 Å². The fourth-order valence-corrected chi connectivity index (χ4v) is 6.14. The van der Waals surface area contributed by atoms with Crippen molar-refractivity contribution in [2.24, 2.45) is 5.92 Å². The number of ether oxygens (including phenoxy) is 2. The van der Waals surface area contributed by atoms with Crippen LogP contribution in [-0.2, 0) is 33.0 Å². The number of benzene rings is 3. The van der Waals surface area contributed by atoms with E-state index in [1.54, 1.807) is 0 Å². The van der Waals surface area contributed by atoms with Crippen LogP contribution in [0.5, 0.6) is 0 Å². The van der Waals surface area contributed by atoms with Crippen LogP contribution in [0.15, 0.2) is 72.8 Å². The SMILES string of the molecule is C[C@@H]1[C@H](CN2CCC(O)(c3ccc(Cl)cc3)CC2)O[C@H](c2ccc(CNC(=O)C(Cl)(Cl)Cl)cc2)O[C@@H]1c1ccc(CO)cc1. The number of nitrogens with one attached hydrogen (secondary N) is 1. The predicted molar refractivity (Wildman–Crippen MR) is 173 cm³/mol. The molecule has 11 heteroatoms. The summed E-state index contributed by atoms with van der Waals surface area (Å²) in [6, 6.07) is 22.8. The lowest BCUT2D eigenvalue weighted by Gasteiger charge is -2.45. The van der Waals surface area contributed by atoms with E-state index in [0.717, 1.165) is 40.9 Å². The predicted octanol–water partition coefficient (Wildman–Crippen LogP) is 6.59. The first-order valence-electron chi connectivity index (χ1n) is 14.6. The van der Waals surface area contributed by atoms with E-state index >= 15 is 0 Å². The second-order valence-electron chi connectivity index (χ2n) is 11.6. The van der Waals surface area contributed by atoms with Crippen molar-refractivity contribution in [3.8, 4) is 0 Å². The van der Waals surface area contributed by atoms with Gasteiger partial charge in [-0.25, -0.2) is 0 Å². The van der Waals surface area contributed by atoms with Gasteiger partial charge in [0, 0.05) is 42.7 Å². The molecule has 3 N–H and O–H groups in total. The number of aliphatic hydroxyl groups excluding tert-OH is 1. The fourth-order valence-electron chi connectivity index (χ4n) is 5.81. The van der Waals surface area contributed by atoms with Crippen molar-refractivity contribution in [1.82, 2.24) is 10.2 Å². The molecular formula is C33H36Cl4N2O5. The third-order valence-electron chi connectivity index (χ3n) is 8.59. The van der Waals surface area contributed by atoms with Crippen LogP contribution in [0.2, 0.25) is 5.02 Å². The fraction of sp³-hybridized carbons (Fsp3) is 0.424. The maximum absolute atomic E-state index is 11.9. The second kappa shape index (κ2) is 14.2. The monoisotopic (exact) mass is 680 g/mol. The van der Waals surface area contributed by atoms with Gasteiger partial charge in [0.25, 0.3) is 9.70 Å². The van der Waals surface area contributed by atoms with E-state index in [-0.39, 0.29) is 31.3 Å². The summed E-state index contributed by atoms with van der Waals surface area (Å²) in [5, 5.41) is 24.2. The van der Waals surface area contributed by atoms with E-state index in [2.05, 4.69) is 17.1 Å². The molecule has 236 valence electrons. The number of likely N-dealkylation sites (tertiary alicyclic amines) is 1. The lowest BCUT2D eigenvalue weighted by atomic mass is 9.84. The summed E-state index contributed by atoms with van der Waals surface area (Å²) in [7, 11) is 0. The number of hydrogen-bond donors (Lipinski definition) is 3. The van der Waals surface area contributed by atoms with Crippen molar-refractivity contribution in [3.05, 3.63) is 106 Å². The van der Waals surface area contributed by atoms with E-state index in [9.17, 15) is 15.0 Å². The average molecular weight is 682 g/mol. The van der Waals surface area contributed by atoms with Crippen molar-refractivity contribution < 1.29 is 24.5 Å². The maximum atomic E-state index is 11.9. The molecule has 2 saturated heterocycles. The molecule has 2 aliphatic rings. The second-order valence-corrected chi connectivity index (χ2v) is 14.3. The number of nitrogens with zero attached hydrogens (tertiary/aromatic N) is 1. The Hall–Kier alpha value is -1.91. The molecule has 5 rings (SSSR count). The van der Waals surface area contributed by atoms with Gasteiger partial charge in [0.05, 0.1) is 24.4 Å². The molecule has 0 bridgehead atoms. The minimum absolute atomic E-state index is 0.0263. The van der Waals surface area contributed by atoms with E-state index < -0.39 is 21.6 Å². The van der Waals surface area contributed by atoms with Crippen LogP contribution < -0.4 is 5.32 Å². The Balaban J connectivity index is 1.30. The zero-order valence-corrected chi connectivity index (χ0v) is 27.3. The van der Waals surface area contributed by atoms with Crippen molar-refractivity contribution in [2.45, 2.75) is 60.8 Å². The van der Waals surface area contributed by atoms with E-state index in [1.165, 1.54) is 0 Å². The molecule has 2 heterocycles. The first kappa shape index (κ1) is 33.5. The molecule has 0 spiro atoms. The first-order valence-corrected chi connectivity index (χ1v) is 16.1. The molecule has 3 aromatic rings. The van der Waals surface area contributed by atoms with E-state index in [1.807, 2.05) is 72.8 Å². The quantitative estimate of drug-likeness (QED) is 0.232. The Kier molecular flexibility index (Phi) is 10.8. The van der Waals surface area contributed by atoms with Crippen LogP contribution in [0.1, 0.15) is 60.0 Å². The van der Waals surface area contributed by atoms with Crippen molar-refractivity contribution in [3.63, 3.8) is 0 Å². The summed E-state index contributed by atoms with van der Waals surface area (Å²) in [6.07, 6.45) is 0.196. The van der Waals surface area contributed by atoms with Gasteiger partial charge in [-0.1, -0.05) is 114 Å². The number of alkyl halides is 3. The molecule has 3 aromatic carbocycles. The van der Waals surface area contributed by atoms with Gasteiger partial charge in [-0.3, -0.25) is 4.79 Å². The van der Waals surface area contributed by atoms with Crippen molar-refractivity contribution in [2.75, 3.05) is 19.6 Å². The lowest BCUT2D eigenvalue weighted by molar-refractivity contribution is -0.277. The molecular weight excluding hydrogens is 646 g/mol. The molecule has 1 amide bonds. The Bertz CT molecular complexity index is 1390. The summed E-state index contributed by atoms with van der Waals surface area (Å²) >= 11 is 23.0. The van der Waals surface area contributed by atoms with Crippen LogP contribution in [0, 0.1) is 5.92 Å². The Morgan fingerprint density at radius 2 is 1.52 bits per heavy atom. The highest BCUT2D eigenvalue weighted by atomic mass is 35.6. The van der Waals surface area contributed by atoms with Gasteiger partial charge in [0.15, 0.2) is 6.29 Å². The number of rotatable bonds is 8. The van der Waals surface area contributed by atoms with Gasteiger partial charge in [-0.15, -0.1) is 0 Å². The number of amides is 1. The van der Waals surface area contributed by atoms with Gasteiger partial charge in [-0.2, -0.15) is 0 Å². The van der Waals surface area contributed by atoms with Crippen LogP contribution in [0.4, 0.5) is 0 Å². The number of aliphatic hydroxyl groups is 2. The maximum Gasteiger partial charge on any atom is 0.272 e. The van der Waals surface area contributed by atoms with Crippen LogP contribution in [0.3, 0.4) is 0 Å². The molecule has 7 nitrogen and oxygen atoms in total. The van der Waals surface area contributed by atoms with Crippen molar-refractivity contribution in [1.29, 1.82) is 0 Å². The Labute approximate surface area is 278 Å². The minimum atomic E-state index is -2.03. The number of hydrogen-bond acceptors (Lipinski definition) is 6. The molecule has 4 atom stereocenters. The van der Waals surface area contributed by atoms with E-state index in [0.29, 0.717) is 24.4 Å². The van der Waals surface area contributed by atoms with Gasteiger partial charge in [0.2, 0.25) is 0 Å². The van der Waals surface area contributed by atoms with Crippen molar-refractivity contribution >= 4 is 52.3 Å². The number of halogens is 4. The third kappa shape index (κ3) is 8.08. The summed E-state index contributed by atoms with van der Waals surface area (Å²) in [4.78, 5) is 14.3. The lowest BCUT2D eigenvalue weighted by Crippen LogP contribution is -2.49. The molecule has 0 saturated carbocycles. The van der Waals surface area contributed by atoms with Gasteiger partial charge < -0.3 is 29.9 Å². The summed E-state index contributed by atoms with van der Waals surface area (Å²) in [5.41, 5.74) is 3.51. The van der Waals surface area contributed by atoms with Crippen LogP contribution in [0.25, 0.3) is 0 Å². The molecule has 2 aliphatic heterocycles. The normalized spacial score (nSPS) is 24.2. The average Bonchev–Trinajstić information content (AvgIpc) is 3.02. The summed E-state index contributed by atoms with van der Waals surface area (Å²) in [5.74, 6) is -0.665. The van der Waals surface area contributed by atoms with E-state index in [4.69, 9.17) is 55.9 Å². The first-order chi connectivity index (χ1) is 20.9. The molecule has 0 aliphatic carbocycles. The number of carbonyl (C=O) groups is 1. The molecule has 0 aromatic heterocycles. The van der Waals surface area contributed by atoms with Gasteiger partial charge in [0.1, 0.15) is 0 Å². The highest BCUT2D eigenvalue weighted by Crippen LogP contribution is 2.42. The number of carbonyl (C=O) groups excluding carboxylic acids is 1. The number of piperidine rings is 1. The van der Waals surface area contributed by atoms with Crippen LogP contribution in [-0.4, -0.2) is 50.6 Å². The summed E-state index contributed by atoms with van der Waals surface area (Å²) in [6.45, 7) is 4.45. The zero-order chi connectivity index (χ0) is 31.5. The summed E-state index contributed by atoms with van der Waals surface area (Å²) < 4.78 is 11.2. The third-order valence-corrected chi connectivity index (χ3v) is 9.36. The molecule has 44 heavy (non-hydrogen) atoms. The zero-order valence-electron chi connectivity index (χ0n) is 24.3. The minimum Gasteiger partial charge on any atom is -0.392 e. The highest BCUT2D eigenvalue weighted by Gasteiger charge is 2.41. The highest BCUT2D eigenvalue weighted by molar-refractivity contribution is 6.76. The van der Waals surface area contributed by atoms with Gasteiger partial charge in [-0.05, 0) is 47.2 Å².